The van der Waals surface area contributed by atoms with Gasteiger partial charge in [-0.25, -0.2) is 0 Å². The average molecular weight is 726 g/mol. The number of fused-ring (bicyclic) bond motifs is 3. The summed E-state index contributed by atoms with van der Waals surface area (Å²) in [7, 11) is 1.35. The number of phenolic OH excluding ortho intramolecular Hbond substituents is 2. The van der Waals surface area contributed by atoms with Gasteiger partial charge in [0, 0.05) is 55.1 Å². The molecular formula is C41H43NO11. The van der Waals surface area contributed by atoms with Gasteiger partial charge in [-0.2, -0.15) is 0 Å². The van der Waals surface area contributed by atoms with Crippen molar-refractivity contribution in [3.8, 4) is 17.2 Å². The van der Waals surface area contributed by atoms with Crippen molar-refractivity contribution in [2.75, 3.05) is 13.7 Å². The Morgan fingerprint density at radius 3 is 2.11 bits per heavy atom. The molecule has 1 aliphatic heterocycles. The maximum Gasteiger partial charge on any atom is 0.202 e. The molecule has 1 fully saturated rings. The molecular weight excluding hydrogens is 682 g/mol. The molecule has 6 N–H and O–H groups in total. The second-order valence-electron chi connectivity index (χ2n) is 14.1. The van der Waals surface area contributed by atoms with E-state index >= 15 is 0 Å². The van der Waals surface area contributed by atoms with E-state index in [9.17, 15) is 40.2 Å². The number of nitrogens with zero attached hydrogens (tertiary/aromatic N) is 1. The van der Waals surface area contributed by atoms with Crippen molar-refractivity contribution < 1.29 is 54.4 Å². The van der Waals surface area contributed by atoms with E-state index in [1.54, 1.807) is 6.92 Å². The lowest BCUT2D eigenvalue weighted by Crippen LogP contribution is -2.55. The van der Waals surface area contributed by atoms with E-state index in [4.69, 9.17) is 14.2 Å². The Hall–Kier alpha value is -4.66. The predicted octanol–water partition coefficient (Wildman–Crippen LogP) is 3.54. The van der Waals surface area contributed by atoms with E-state index in [0.29, 0.717) is 13.1 Å². The van der Waals surface area contributed by atoms with Gasteiger partial charge in [0.25, 0.3) is 0 Å². The molecule has 53 heavy (non-hydrogen) atoms. The van der Waals surface area contributed by atoms with E-state index in [-0.39, 0.29) is 40.8 Å². The minimum Gasteiger partial charge on any atom is -0.507 e. The summed E-state index contributed by atoms with van der Waals surface area (Å²) in [4.78, 5) is 30.0. The van der Waals surface area contributed by atoms with Crippen LogP contribution in [0.15, 0.2) is 78.9 Å². The number of aliphatic hydroxyl groups excluding tert-OH is 3. The number of carbonyl (C=O) groups is 2. The quantitative estimate of drug-likeness (QED) is 0.115. The molecule has 0 unspecified atom stereocenters. The molecule has 7 atom stereocenters. The molecule has 2 aliphatic carbocycles. The Balaban J connectivity index is 1.28. The highest BCUT2D eigenvalue weighted by atomic mass is 16.7. The van der Waals surface area contributed by atoms with Crippen molar-refractivity contribution in [1.29, 1.82) is 0 Å². The van der Waals surface area contributed by atoms with Crippen molar-refractivity contribution in [3.05, 3.63) is 123 Å². The van der Waals surface area contributed by atoms with Gasteiger partial charge < -0.3 is 44.8 Å². The van der Waals surface area contributed by atoms with E-state index < -0.39 is 89.6 Å². The van der Waals surface area contributed by atoms with Gasteiger partial charge in [0.1, 0.15) is 23.4 Å². The van der Waals surface area contributed by atoms with Crippen LogP contribution in [0, 0.1) is 0 Å². The number of hydrogen-bond acceptors (Lipinski definition) is 12. The summed E-state index contributed by atoms with van der Waals surface area (Å²) in [6, 6.07) is 23.6. The number of benzene rings is 4. The first-order chi connectivity index (χ1) is 25.4. The van der Waals surface area contributed by atoms with Crippen molar-refractivity contribution in [1.82, 2.24) is 4.90 Å². The van der Waals surface area contributed by atoms with Crippen LogP contribution in [0.1, 0.15) is 80.0 Å². The molecule has 12 nitrogen and oxygen atoms in total. The van der Waals surface area contributed by atoms with E-state index in [1.165, 1.54) is 25.3 Å². The summed E-state index contributed by atoms with van der Waals surface area (Å²) in [6.45, 7) is 1.87. The zero-order valence-corrected chi connectivity index (χ0v) is 29.4. The largest absolute Gasteiger partial charge is 0.507 e. The molecule has 0 aromatic heterocycles. The highest BCUT2D eigenvalue weighted by Crippen LogP contribution is 2.53. The number of phenols is 2. The van der Waals surface area contributed by atoms with Crippen LogP contribution in [0.4, 0.5) is 0 Å². The number of carbonyl (C=O) groups excluding carboxylic acids is 2. The first-order valence-electron chi connectivity index (χ1n) is 17.6. The Morgan fingerprint density at radius 2 is 1.51 bits per heavy atom. The third kappa shape index (κ3) is 6.61. The topological polar surface area (TPSA) is 186 Å². The van der Waals surface area contributed by atoms with Crippen LogP contribution in [-0.4, -0.2) is 97.1 Å². The van der Waals surface area contributed by atoms with Gasteiger partial charge in [-0.05, 0) is 24.1 Å². The molecule has 0 saturated carbocycles. The number of rotatable bonds is 10. The monoisotopic (exact) mass is 725 g/mol. The van der Waals surface area contributed by atoms with Gasteiger partial charge >= 0.3 is 0 Å². The third-order valence-corrected chi connectivity index (χ3v) is 10.8. The van der Waals surface area contributed by atoms with Crippen LogP contribution in [0.5, 0.6) is 17.2 Å². The first kappa shape index (κ1) is 36.7. The van der Waals surface area contributed by atoms with E-state index in [2.05, 4.69) is 4.90 Å². The van der Waals surface area contributed by atoms with Crippen molar-refractivity contribution in [2.24, 2.45) is 0 Å². The van der Waals surface area contributed by atoms with E-state index in [0.717, 1.165) is 11.1 Å². The molecule has 7 rings (SSSR count). The number of hydrogen-bond donors (Lipinski definition) is 6. The summed E-state index contributed by atoms with van der Waals surface area (Å²) in [6.07, 6.45) is -6.44. The van der Waals surface area contributed by atoms with Crippen LogP contribution in [-0.2, 0) is 29.0 Å². The molecule has 0 spiro atoms. The van der Waals surface area contributed by atoms with Gasteiger partial charge in [0.05, 0.1) is 54.3 Å². The minimum absolute atomic E-state index is 0.0319. The van der Waals surface area contributed by atoms with E-state index in [1.807, 2.05) is 60.7 Å². The lowest BCUT2D eigenvalue weighted by molar-refractivity contribution is -0.263. The Morgan fingerprint density at radius 1 is 0.887 bits per heavy atom. The lowest BCUT2D eigenvalue weighted by Gasteiger charge is -2.46. The van der Waals surface area contributed by atoms with Crippen LogP contribution >= 0.6 is 0 Å². The number of methoxy groups -OCH3 is 1. The van der Waals surface area contributed by atoms with Crippen molar-refractivity contribution in [2.45, 2.75) is 81.6 Å². The highest BCUT2D eigenvalue weighted by molar-refractivity contribution is 6.31. The van der Waals surface area contributed by atoms with Gasteiger partial charge in [-0.15, -0.1) is 0 Å². The minimum atomic E-state index is -2.08. The van der Waals surface area contributed by atoms with Crippen LogP contribution in [0.3, 0.4) is 0 Å². The molecule has 0 amide bonds. The predicted molar refractivity (Wildman–Crippen MR) is 191 cm³/mol. The summed E-state index contributed by atoms with van der Waals surface area (Å²) in [5.74, 6) is -2.65. The Labute approximate surface area is 306 Å². The van der Waals surface area contributed by atoms with Crippen molar-refractivity contribution >= 4 is 11.6 Å². The first-order valence-corrected chi connectivity index (χ1v) is 17.6. The molecule has 278 valence electrons. The van der Waals surface area contributed by atoms with Crippen LogP contribution in [0.2, 0.25) is 0 Å². The second kappa shape index (κ2) is 14.6. The third-order valence-electron chi connectivity index (χ3n) is 10.8. The molecule has 4 aromatic rings. The molecule has 1 heterocycles. The van der Waals surface area contributed by atoms with Gasteiger partial charge in [-0.1, -0.05) is 72.8 Å². The Bertz CT molecular complexity index is 1960. The SMILES string of the molecule is COc1cccc2c1C(=O)c1c(O)c3c(c(O)c1C2=O)C[C@@](O)([C@H](O)CO)C[C@H]3O[C@H]1C[C@@H](N(Cc2ccccc2)Cc2ccccc2)[C@H](O)[C@@H](C)O1. The number of ketones is 2. The smallest absolute Gasteiger partial charge is 0.202 e. The van der Waals surface area contributed by atoms with Gasteiger partial charge in [0.15, 0.2) is 12.1 Å². The standard InChI is InChI=1S/C41H43NO11/c1-22-36(45)27(42(19-23-10-5-3-6-11-23)20-24-12-7-4-8-13-24)16-31(52-22)53-29-18-41(50,30(44)21-43)17-26-33(29)40(49)35-34(38(26)47)37(46)25-14-9-15-28(51-2)32(25)39(35)48/h3-15,22,27,29-31,36,43-45,47,49-50H,16-21H2,1-2H3/t22-,27-,29-,30-,31+,36-,41+/m1/s1. The maximum atomic E-state index is 14.0. The fraction of sp³-hybridized carbons (Fsp3) is 0.366. The maximum absolute atomic E-state index is 14.0. The number of aliphatic hydroxyl groups is 4. The zero-order valence-electron chi connectivity index (χ0n) is 29.4. The summed E-state index contributed by atoms with van der Waals surface area (Å²) in [5, 5.41) is 67.7. The number of aromatic hydroxyl groups is 2. The molecule has 1 saturated heterocycles. The number of ether oxygens (including phenoxy) is 3. The molecule has 12 heteroatoms. The summed E-state index contributed by atoms with van der Waals surface area (Å²) < 4.78 is 18.1. The fourth-order valence-corrected chi connectivity index (χ4v) is 8.07. The Kier molecular flexibility index (Phi) is 10.1. The lowest BCUT2D eigenvalue weighted by atomic mass is 9.71. The normalized spacial score (nSPS) is 25.8. The molecule has 4 aromatic carbocycles. The second-order valence-corrected chi connectivity index (χ2v) is 14.1. The molecule has 0 radical (unpaired) electrons. The van der Waals surface area contributed by atoms with Gasteiger partial charge in [0.2, 0.25) is 5.78 Å². The van der Waals surface area contributed by atoms with Crippen LogP contribution in [0.25, 0.3) is 0 Å². The average Bonchev–Trinajstić information content (AvgIpc) is 3.16. The molecule has 0 bridgehead atoms. The van der Waals surface area contributed by atoms with Gasteiger partial charge in [-0.3, -0.25) is 14.5 Å². The fourth-order valence-electron chi connectivity index (χ4n) is 8.07. The summed E-state index contributed by atoms with van der Waals surface area (Å²) >= 11 is 0. The van der Waals surface area contributed by atoms with Crippen molar-refractivity contribution in [3.63, 3.8) is 0 Å². The molecule has 3 aliphatic rings. The zero-order chi connectivity index (χ0) is 37.6. The summed E-state index contributed by atoms with van der Waals surface area (Å²) in [5.41, 5.74) is -1.19. The highest BCUT2D eigenvalue weighted by Gasteiger charge is 2.50. The van der Waals surface area contributed by atoms with Crippen LogP contribution < -0.4 is 4.74 Å².